The quantitative estimate of drug-likeness (QED) is 0.117. The fraction of sp³-hybridized carbons (Fsp3) is 0.688. The highest BCUT2D eigenvalue weighted by Gasteiger charge is 2.32. The molecule has 58 heavy (non-hydrogen) atoms. The summed E-state index contributed by atoms with van der Waals surface area (Å²) in [4.78, 5) is 20.1. The Morgan fingerprint density at radius 2 is 1.16 bits per heavy atom. The summed E-state index contributed by atoms with van der Waals surface area (Å²) in [6.45, 7) is 22.7. The molecule has 3 saturated heterocycles. The van der Waals surface area contributed by atoms with Crippen LogP contribution in [0.5, 0.6) is 0 Å². The molecule has 10 nitrogen and oxygen atoms in total. The van der Waals surface area contributed by atoms with E-state index in [1.165, 1.54) is 28.1 Å². The smallest absolute Gasteiger partial charge is 0.0596 e. The van der Waals surface area contributed by atoms with Gasteiger partial charge in [-0.15, -0.1) is 0 Å². The van der Waals surface area contributed by atoms with Crippen molar-refractivity contribution in [3.8, 4) is 0 Å². The van der Waals surface area contributed by atoms with Crippen LogP contribution in [0.25, 0.3) is 0 Å². The second-order valence-corrected chi connectivity index (χ2v) is 18.6. The van der Waals surface area contributed by atoms with Crippen molar-refractivity contribution in [1.82, 2.24) is 30.1 Å². The van der Waals surface area contributed by atoms with Crippen LogP contribution in [-0.4, -0.2) is 108 Å². The molecule has 2 N–H and O–H groups in total. The largest absolute Gasteiger partial charge is 0.395 e. The van der Waals surface area contributed by atoms with Gasteiger partial charge in [0.15, 0.2) is 0 Å². The molecule has 6 heterocycles. The van der Waals surface area contributed by atoms with Gasteiger partial charge in [0.1, 0.15) is 0 Å². The number of likely N-dealkylation sites (N-methyl/N-ethyl adjacent to an activating group) is 1. The van der Waals surface area contributed by atoms with E-state index in [2.05, 4.69) is 114 Å². The molecule has 320 valence electrons. The summed E-state index contributed by atoms with van der Waals surface area (Å²) in [5.74, 6) is 2.26. The molecular weight excluding hydrogens is 725 g/mol. The molecule has 3 aromatic rings. The lowest BCUT2D eigenvalue weighted by Crippen LogP contribution is -2.30. The minimum Gasteiger partial charge on any atom is -0.395 e. The number of hydrogen-bond acceptors (Lipinski definition) is 10. The molecule has 6 atom stereocenters. The highest BCUT2D eigenvalue weighted by Crippen LogP contribution is 2.36. The molecule has 3 aromatic heterocycles. The second kappa shape index (κ2) is 21.1. The zero-order valence-corrected chi connectivity index (χ0v) is 37.2. The zero-order valence-electron chi connectivity index (χ0n) is 37.2. The van der Waals surface area contributed by atoms with Gasteiger partial charge in [0.05, 0.1) is 55.7 Å². The predicted octanol–water partition coefficient (Wildman–Crippen LogP) is 8.01. The van der Waals surface area contributed by atoms with E-state index in [1.54, 1.807) is 0 Å². The maximum absolute atomic E-state index is 9.51. The van der Waals surface area contributed by atoms with Crippen LogP contribution in [0, 0.1) is 0 Å². The van der Waals surface area contributed by atoms with Crippen molar-refractivity contribution >= 4 is 0 Å². The normalized spacial score (nSPS) is 23.1. The van der Waals surface area contributed by atoms with Gasteiger partial charge in [-0.3, -0.25) is 19.9 Å². The van der Waals surface area contributed by atoms with Gasteiger partial charge in [-0.1, -0.05) is 59.7 Å². The average Bonchev–Trinajstić information content (AvgIpc) is 4.00. The summed E-state index contributed by atoms with van der Waals surface area (Å²) < 4.78 is 18.7. The molecule has 0 amide bonds. The third-order valence-electron chi connectivity index (χ3n) is 12.7. The Balaban J connectivity index is 1.03. The van der Waals surface area contributed by atoms with Gasteiger partial charge in [-0.05, 0) is 106 Å². The molecule has 0 spiro atoms. The van der Waals surface area contributed by atoms with E-state index < -0.39 is 0 Å². The molecule has 4 unspecified atom stereocenters. The number of pyridine rings is 3. The predicted molar refractivity (Wildman–Crippen MR) is 233 cm³/mol. The molecule has 0 bridgehead atoms. The first kappa shape index (κ1) is 44.7. The van der Waals surface area contributed by atoms with Gasteiger partial charge in [-0.2, -0.15) is 0 Å². The van der Waals surface area contributed by atoms with Gasteiger partial charge in [-0.25, -0.2) is 0 Å². The number of nitrogens with one attached hydrogen (secondary N) is 1. The van der Waals surface area contributed by atoms with E-state index in [0.717, 1.165) is 107 Å². The minimum atomic E-state index is 0.147. The molecular formula is C48H74N6O4. The van der Waals surface area contributed by atoms with Crippen LogP contribution >= 0.6 is 0 Å². The van der Waals surface area contributed by atoms with Crippen LogP contribution in [0.4, 0.5) is 0 Å². The molecule has 0 aliphatic carbocycles. The Bertz CT molecular complexity index is 1750. The van der Waals surface area contributed by atoms with E-state index in [-0.39, 0.29) is 18.8 Å². The van der Waals surface area contributed by atoms with Crippen LogP contribution in [0.1, 0.15) is 167 Å². The molecule has 0 radical (unpaired) electrons. The van der Waals surface area contributed by atoms with Crippen LogP contribution in [0.15, 0.2) is 36.4 Å². The van der Waals surface area contributed by atoms with E-state index in [0.29, 0.717) is 48.1 Å². The van der Waals surface area contributed by atoms with Gasteiger partial charge in [0, 0.05) is 80.2 Å². The van der Waals surface area contributed by atoms with Crippen molar-refractivity contribution in [3.05, 3.63) is 87.3 Å². The summed E-state index contributed by atoms with van der Waals surface area (Å²) in [6, 6.07) is 13.8. The van der Waals surface area contributed by atoms with Crippen LogP contribution in [0.3, 0.4) is 0 Å². The summed E-state index contributed by atoms with van der Waals surface area (Å²) in [5, 5.41) is 13.3. The van der Waals surface area contributed by atoms with Crippen molar-refractivity contribution in [3.63, 3.8) is 0 Å². The highest BCUT2D eigenvalue weighted by molar-refractivity contribution is 5.31. The summed E-state index contributed by atoms with van der Waals surface area (Å²) in [5.41, 5.74) is 10.9. The standard InChI is InChI=1S/C48H74N6O4/c1-31(2)43-13-10-40(35-17-21-56-28-35)46(50-43)25-49-34(7)22-39-24-37(30-58-39)42-12-15-44(32(3)4)51-47(42)26-53(8)18-16-38-23-36(29-57-38)41-11-14-45(33(5)6)52-48(41)27-54(9)19-20-55/h10-15,31-39,49,55H,16-30H2,1-9H3/t34?,35?,36-,37+,38?,39?/m0/s1. The average molecular weight is 799 g/mol. The second-order valence-electron chi connectivity index (χ2n) is 18.6. The zero-order chi connectivity index (χ0) is 41.3. The third kappa shape index (κ3) is 11.9. The molecule has 0 saturated carbocycles. The molecule has 0 aromatic carbocycles. The van der Waals surface area contributed by atoms with Gasteiger partial charge in [0.25, 0.3) is 0 Å². The number of ether oxygens (including phenoxy) is 3. The lowest BCUT2D eigenvalue weighted by atomic mass is 9.91. The van der Waals surface area contributed by atoms with Crippen molar-refractivity contribution in [2.75, 3.05) is 60.2 Å². The number of aromatic nitrogens is 3. The SMILES string of the molecule is CC(CC1C[C@@H](c2ccc(C(C)C)nc2CN(C)CCC2C[C@H](c3ccc(C(C)C)nc3CN(C)CCO)CO2)CO1)NCc1nc(C(C)C)ccc1C1CCOC1. The van der Waals surface area contributed by atoms with Crippen molar-refractivity contribution in [2.24, 2.45) is 0 Å². The third-order valence-corrected chi connectivity index (χ3v) is 12.7. The topological polar surface area (TPSA) is 105 Å². The number of rotatable bonds is 20. The van der Waals surface area contributed by atoms with Crippen LogP contribution in [0.2, 0.25) is 0 Å². The van der Waals surface area contributed by atoms with Gasteiger partial charge >= 0.3 is 0 Å². The molecule has 3 fully saturated rings. The van der Waals surface area contributed by atoms with E-state index >= 15 is 0 Å². The summed E-state index contributed by atoms with van der Waals surface area (Å²) in [7, 11) is 4.28. The number of aliphatic hydroxyl groups is 1. The first-order chi connectivity index (χ1) is 27.9. The lowest BCUT2D eigenvalue weighted by molar-refractivity contribution is 0.0928. The van der Waals surface area contributed by atoms with E-state index in [1.807, 2.05) is 0 Å². The number of hydrogen-bond donors (Lipinski definition) is 2. The number of nitrogens with zero attached hydrogens (tertiary/aromatic N) is 5. The fourth-order valence-corrected chi connectivity index (χ4v) is 9.00. The van der Waals surface area contributed by atoms with Crippen molar-refractivity contribution in [2.45, 2.75) is 154 Å². The van der Waals surface area contributed by atoms with Crippen LogP contribution in [-0.2, 0) is 33.8 Å². The van der Waals surface area contributed by atoms with Gasteiger partial charge < -0.3 is 29.5 Å². The van der Waals surface area contributed by atoms with Gasteiger partial charge in [0.2, 0.25) is 0 Å². The monoisotopic (exact) mass is 799 g/mol. The Hall–Kier alpha value is -2.83. The Morgan fingerprint density at radius 3 is 1.67 bits per heavy atom. The van der Waals surface area contributed by atoms with E-state index in [9.17, 15) is 5.11 Å². The maximum Gasteiger partial charge on any atom is 0.0596 e. The maximum atomic E-state index is 9.51. The molecule has 6 rings (SSSR count). The molecule has 10 heteroatoms. The Morgan fingerprint density at radius 1 is 0.655 bits per heavy atom. The van der Waals surface area contributed by atoms with E-state index in [4.69, 9.17) is 29.2 Å². The summed E-state index contributed by atoms with van der Waals surface area (Å²) >= 11 is 0. The first-order valence-electron chi connectivity index (χ1n) is 22.4. The minimum absolute atomic E-state index is 0.147. The number of aliphatic hydroxyl groups excluding tert-OH is 1. The lowest BCUT2D eigenvalue weighted by Gasteiger charge is -2.23. The fourth-order valence-electron chi connectivity index (χ4n) is 9.00. The van der Waals surface area contributed by atoms with Crippen molar-refractivity contribution < 1.29 is 19.3 Å². The Kier molecular flexibility index (Phi) is 16.3. The first-order valence-corrected chi connectivity index (χ1v) is 22.4. The van der Waals surface area contributed by atoms with Crippen LogP contribution < -0.4 is 5.32 Å². The highest BCUT2D eigenvalue weighted by atomic mass is 16.5. The Labute approximate surface area is 349 Å². The summed E-state index contributed by atoms with van der Waals surface area (Å²) in [6.07, 6.45) is 5.46. The molecule has 3 aliphatic rings. The molecule has 3 aliphatic heterocycles. The van der Waals surface area contributed by atoms with Crippen molar-refractivity contribution in [1.29, 1.82) is 0 Å².